The first kappa shape index (κ1) is 18.5. The van der Waals surface area contributed by atoms with Gasteiger partial charge in [-0.1, -0.05) is 44.2 Å². The van der Waals surface area contributed by atoms with E-state index in [-0.39, 0.29) is 17.8 Å². The summed E-state index contributed by atoms with van der Waals surface area (Å²) in [5, 5.41) is 2.99. The lowest BCUT2D eigenvalue weighted by Gasteiger charge is -2.32. The largest absolute Gasteiger partial charge is 0.460 e. The summed E-state index contributed by atoms with van der Waals surface area (Å²) >= 11 is 0. The monoisotopic (exact) mass is 332 g/mol. The van der Waals surface area contributed by atoms with E-state index < -0.39 is 0 Å². The van der Waals surface area contributed by atoms with Crippen molar-refractivity contribution in [1.29, 1.82) is 0 Å². The SMILES string of the molecule is CC(C)C(=O)NCC1CCCN(CC(=O)OCc2ccccc2)C1. The molecule has 132 valence electrons. The Hall–Kier alpha value is -1.88. The predicted octanol–water partition coefficient (Wildman–Crippen LogP) is 2.21. The Bertz CT molecular complexity index is 531. The van der Waals surface area contributed by atoms with E-state index in [4.69, 9.17) is 4.74 Å². The first-order valence-corrected chi connectivity index (χ1v) is 8.74. The molecule has 5 heteroatoms. The fraction of sp³-hybridized carbons (Fsp3) is 0.579. The van der Waals surface area contributed by atoms with Crippen molar-refractivity contribution >= 4 is 11.9 Å². The standard InChI is InChI=1S/C19H28N2O3/c1-15(2)19(23)20-11-17-9-6-10-21(12-17)13-18(22)24-14-16-7-4-3-5-8-16/h3-5,7-8,15,17H,6,9-14H2,1-2H3,(H,20,23). The van der Waals surface area contributed by atoms with Crippen LogP contribution in [0.15, 0.2) is 30.3 Å². The summed E-state index contributed by atoms with van der Waals surface area (Å²) in [6, 6.07) is 9.70. The van der Waals surface area contributed by atoms with Crippen molar-refractivity contribution in [3.05, 3.63) is 35.9 Å². The second-order valence-electron chi connectivity index (χ2n) is 6.79. The summed E-state index contributed by atoms with van der Waals surface area (Å²) in [4.78, 5) is 25.8. The molecule has 1 unspecified atom stereocenters. The number of hydrogen-bond donors (Lipinski definition) is 1. The molecule has 1 aliphatic heterocycles. The van der Waals surface area contributed by atoms with E-state index in [0.717, 1.165) is 31.5 Å². The molecule has 5 nitrogen and oxygen atoms in total. The number of rotatable bonds is 7. The van der Waals surface area contributed by atoms with E-state index in [1.807, 2.05) is 44.2 Å². The number of carbonyl (C=O) groups is 2. The van der Waals surface area contributed by atoms with Crippen molar-refractivity contribution in [3.63, 3.8) is 0 Å². The van der Waals surface area contributed by atoms with Crippen LogP contribution in [0, 0.1) is 11.8 Å². The van der Waals surface area contributed by atoms with Crippen molar-refractivity contribution in [2.75, 3.05) is 26.2 Å². The number of esters is 1. The normalized spacial score (nSPS) is 18.4. The molecule has 1 heterocycles. The summed E-state index contributed by atoms with van der Waals surface area (Å²) in [5.41, 5.74) is 0.999. The number of carbonyl (C=O) groups excluding carboxylic acids is 2. The molecule has 0 spiro atoms. The van der Waals surface area contributed by atoms with Crippen LogP contribution in [0.25, 0.3) is 0 Å². The van der Waals surface area contributed by atoms with E-state index in [1.54, 1.807) is 0 Å². The van der Waals surface area contributed by atoms with Crippen LogP contribution in [-0.4, -0.2) is 43.0 Å². The lowest BCUT2D eigenvalue weighted by atomic mass is 9.98. The highest BCUT2D eigenvalue weighted by Crippen LogP contribution is 2.16. The zero-order valence-corrected chi connectivity index (χ0v) is 14.7. The van der Waals surface area contributed by atoms with Crippen molar-refractivity contribution in [3.8, 4) is 0 Å². The quantitative estimate of drug-likeness (QED) is 0.778. The zero-order chi connectivity index (χ0) is 17.4. The van der Waals surface area contributed by atoms with Crippen LogP contribution in [0.2, 0.25) is 0 Å². The Morgan fingerprint density at radius 2 is 2.04 bits per heavy atom. The molecule has 0 aliphatic carbocycles. The lowest BCUT2D eigenvalue weighted by molar-refractivity contribution is -0.146. The first-order valence-electron chi connectivity index (χ1n) is 8.74. The molecule has 0 aromatic heterocycles. The van der Waals surface area contributed by atoms with E-state index in [2.05, 4.69) is 10.2 Å². The highest BCUT2D eigenvalue weighted by molar-refractivity contribution is 5.77. The molecule has 1 aromatic rings. The number of nitrogens with one attached hydrogen (secondary N) is 1. The summed E-state index contributed by atoms with van der Waals surface area (Å²) in [7, 11) is 0. The molecule has 1 saturated heterocycles. The second-order valence-corrected chi connectivity index (χ2v) is 6.79. The molecule has 24 heavy (non-hydrogen) atoms. The summed E-state index contributed by atoms with van der Waals surface area (Å²) < 4.78 is 5.35. The number of nitrogens with zero attached hydrogens (tertiary/aromatic N) is 1. The minimum Gasteiger partial charge on any atom is -0.460 e. The molecular weight excluding hydrogens is 304 g/mol. The van der Waals surface area contributed by atoms with Gasteiger partial charge in [0.05, 0.1) is 6.54 Å². The van der Waals surface area contributed by atoms with E-state index >= 15 is 0 Å². The summed E-state index contributed by atoms with van der Waals surface area (Å²) in [6.45, 7) is 6.86. The van der Waals surface area contributed by atoms with Gasteiger partial charge < -0.3 is 10.1 Å². The van der Waals surface area contributed by atoms with Gasteiger partial charge in [0.1, 0.15) is 6.61 Å². The van der Waals surface area contributed by atoms with E-state index in [0.29, 0.717) is 25.6 Å². The molecule has 1 amide bonds. The number of ether oxygens (including phenoxy) is 1. The van der Waals surface area contributed by atoms with Gasteiger partial charge in [0.15, 0.2) is 0 Å². The molecule has 1 fully saturated rings. The van der Waals surface area contributed by atoms with Gasteiger partial charge in [-0.15, -0.1) is 0 Å². The Morgan fingerprint density at radius 3 is 2.75 bits per heavy atom. The highest BCUT2D eigenvalue weighted by atomic mass is 16.5. The molecule has 1 N–H and O–H groups in total. The van der Waals surface area contributed by atoms with Gasteiger partial charge in [-0.25, -0.2) is 0 Å². The number of amides is 1. The molecule has 0 saturated carbocycles. The minimum absolute atomic E-state index is 0.0117. The topological polar surface area (TPSA) is 58.6 Å². The first-order chi connectivity index (χ1) is 11.5. The van der Waals surface area contributed by atoms with Crippen molar-refractivity contribution in [2.45, 2.75) is 33.3 Å². The van der Waals surface area contributed by atoms with Crippen molar-refractivity contribution in [1.82, 2.24) is 10.2 Å². The number of benzene rings is 1. The van der Waals surface area contributed by atoms with Crippen LogP contribution >= 0.6 is 0 Å². The average Bonchev–Trinajstić information content (AvgIpc) is 2.59. The predicted molar refractivity (Wildman–Crippen MR) is 93.2 cm³/mol. The minimum atomic E-state index is -0.189. The molecule has 1 atom stereocenters. The lowest BCUT2D eigenvalue weighted by Crippen LogP contribution is -2.43. The Balaban J connectivity index is 1.70. The van der Waals surface area contributed by atoms with Gasteiger partial charge in [-0.2, -0.15) is 0 Å². The van der Waals surface area contributed by atoms with Crippen LogP contribution in [0.3, 0.4) is 0 Å². The van der Waals surface area contributed by atoms with Crippen molar-refractivity contribution in [2.24, 2.45) is 11.8 Å². The maximum Gasteiger partial charge on any atom is 0.320 e. The van der Waals surface area contributed by atoms with Gasteiger partial charge in [0.25, 0.3) is 0 Å². The van der Waals surface area contributed by atoms with Crippen molar-refractivity contribution < 1.29 is 14.3 Å². The maximum atomic E-state index is 12.0. The highest BCUT2D eigenvalue weighted by Gasteiger charge is 2.22. The second kappa shape index (κ2) is 9.42. The summed E-state index contributed by atoms with van der Waals surface area (Å²) in [5.74, 6) is 0.321. The van der Waals surface area contributed by atoms with Gasteiger partial charge in [-0.05, 0) is 30.9 Å². The summed E-state index contributed by atoms with van der Waals surface area (Å²) in [6.07, 6.45) is 2.14. The molecule has 0 radical (unpaired) electrons. The smallest absolute Gasteiger partial charge is 0.320 e. The molecule has 2 rings (SSSR count). The van der Waals surface area contributed by atoms with E-state index in [9.17, 15) is 9.59 Å². The molecule has 1 aliphatic rings. The Kier molecular flexibility index (Phi) is 7.25. The number of hydrogen-bond acceptors (Lipinski definition) is 4. The number of likely N-dealkylation sites (tertiary alicyclic amines) is 1. The third-order valence-electron chi connectivity index (χ3n) is 4.29. The number of piperidine rings is 1. The van der Waals surface area contributed by atoms with Crippen LogP contribution in [-0.2, 0) is 20.9 Å². The zero-order valence-electron chi connectivity index (χ0n) is 14.7. The van der Waals surface area contributed by atoms with E-state index in [1.165, 1.54) is 0 Å². The van der Waals surface area contributed by atoms with Crippen LogP contribution in [0.1, 0.15) is 32.3 Å². The fourth-order valence-corrected chi connectivity index (χ4v) is 2.88. The Morgan fingerprint density at radius 1 is 1.29 bits per heavy atom. The fourth-order valence-electron chi connectivity index (χ4n) is 2.88. The maximum absolute atomic E-state index is 12.0. The van der Waals surface area contributed by atoms with Gasteiger partial charge in [0, 0.05) is 19.0 Å². The third kappa shape index (κ3) is 6.32. The van der Waals surface area contributed by atoms with Gasteiger partial charge in [-0.3, -0.25) is 14.5 Å². The molecule has 0 bridgehead atoms. The van der Waals surface area contributed by atoms with Gasteiger partial charge in [0.2, 0.25) is 5.91 Å². The Labute approximate surface area is 144 Å². The third-order valence-corrected chi connectivity index (χ3v) is 4.29. The van der Waals surface area contributed by atoms with Gasteiger partial charge >= 0.3 is 5.97 Å². The van der Waals surface area contributed by atoms with Crippen LogP contribution in [0.5, 0.6) is 0 Å². The average molecular weight is 332 g/mol. The molecule has 1 aromatic carbocycles. The molecular formula is C19H28N2O3. The van der Waals surface area contributed by atoms with Crippen LogP contribution in [0.4, 0.5) is 0 Å². The van der Waals surface area contributed by atoms with Crippen LogP contribution < -0.4 is 5.32 Å².